The third kappa shape index (κ3) is 2.85. The predicted molar refractivity (Wildman–Crippen MR) is 83.6 cm³/mol. The van der Waals surface area contributed by atoms with Crippen molar-refractivity contribution in [3.8, 4) is 11.3 Å². The summed E-state index contributed by atoms with van der Waals surface area (Å²) in [5.74, 6) is -0.168. The molecule has 0 fully saturated rings. The van der Waals surface area contributed by atoms with E-state index in [1.165, 1.54) is 6.20 Å². The molecule has 0 saturated heterocycles. The van der Waals surface area contributed by atoms with Crippen LogP contribution in [-0.2, 0) is 0 Å². The van der Waals surface area contributed by atoms with Crippen LogP contribution in [0.5, 0.6) is 0 Å². The summed E-state index contributed by atoms with van der Waals surface area (Å²) >= 11 is 1.62. The number of aromatic nitrogens is 3. The van der Waals surface area contributed by atoms with Gasteiger partial charge >= 0.3 is 0 Å². The van der Waals surface area contributed by atoms with Crippen LogP contribution >= 0.6 is 11.3 Å². The molecule has 3 rings (SSSR count). The van der Waals surface area contributed by atoms with Gasteiger partial charge in [-0.2, -0.15) is 5.10 Å². The summed E-state index contributed by atoms with van der Waals surface area (Å²) in [6, 6.07) is 7.65. The molecule has 1 amide bonds. The van der Waals surface area contributed by atoms with Gasteiger partial charge in [0.05, 0.1) is 22.5 Å². The number of rotatable bonds is 3. The van der Waals surface area contributed by atoms with Crippen LogP contribution in [0.15, 0.2) is 35.8 Å². The van der Waals surface area contributed by atoms with Gasteiger partial charge in [0, 0.05) is 22.3 Å². The lowest BCUT2D eigenvalue weighted by Crippen LogP contribution is -2.12. The molecule has 21 heavy (non-hydrogen) atoms. The Kier molecular flexibility index (Phi) is 3.53. The smallest absolute Gasteiger partial charge is 0.259 e. The average molecular weight is 298 g/mol. The quantitative estimate of drug-likeness (QED) is 0.778. The summed E-state index contributed by atoms with van der Waals surface area (Å²) in [7, 11) is 0. The molecule has 0 spiro atoms. The van der Waals surface area contributed by atoms with Crippen molar-refractivity contribution < 1.29 is 4.79 Å². The van der Waals surface area contributed by atoms with Crippen LogP contribution in [0.25, 0.3) is 11.3 Å². The summed E-state index contributed by atoms with van der Waals surface area (Å²) in [5.41, 5.74) is 4.05. The minimum Gasteiger partial charge on any atom is -0.322 e. The number of carbonyl (C=O) groups excluding carboxylic acids is 1. The van der Waals surface area contributed by atoms with Crippen LogP contribution in [0.3, 0.4) is 0 Å². The van der Waals surface area contributed by atoms with Crippen LogP contribution < -0.4 is 5.32 Å². The van der Waals surface area contributed by atoms with E-state index in [1.807, 2.05) is 43.5 Å². The van der Waals surface area contributed by atoms with Crippen LogP contribution in [-0.4, -0.2) is 21.1 Å². The first-order chi connectivity index (χ1) is 10.1. The highest BCUT2D eigenvalue weighted by molar-refractivity contribution is 7.09. The molecule has 0 aliphatic carbocycles. The van der Waals surface area contributed by atoms with Crippen molar-refractivity contribution in [2.45, 2.75) is 13.8 Å². The average Bonchev–Trinajstić information content (AvgIpc) is 3.08. The molecule has 0 aliphatic heterocycles. The number of hydrogen-bond donors (Lipinski definition) is 2. The molecule has 0 atom stereocenters. The molecule has 0 saturated carbocycles. The molecule has 2 aromatic heterocycles. The standard InChI is InChI=1S/C15H14N4OS/c1-9-13(7-16-19-9)15(20)18-12-5-3-11(4-6-12)14-8-21-10(2)17-14/h3-8H,1-2H3,(H,16,19)(H,18,20). The van der Waals surface area contributed by atoms with E-state index in [4.69, 9.17) is 0 Å². The summed E-state index contributed by atoms with van der Waals surface area (Å²) < 4.78 is 0. The molecule has 0 aliphatic rings. The van der Waals surface area contributed by atoms with Crippen molar-refractivity contribution in [1.29, 1.82) is 0 Å². The van der Waals surface area contributed by atoms with Crippen molar-refractivity contribution >= 4 is 22.9 Å². The number of aryl methyl sites for hydroxylation is 2. The largest absolute Gasteiger partial charge is 0.322 e. The van der Waals surface area contributed by atoms with E-state index in [2.05, 4.69) is 20.5 Å². The van der Waals surface area contributed by atoms with Gasteiger partial charge < -0.3 is 5.32 Å². The maximum absolute atomic E-state index is 12.1. The highest BCUT2D eigenvalue weighted by Crippen LogP contribution is 2.23. The minimum absolute atomic E-state index is 0.168. The molecule has 6 heteroatoms. The highest BCUT2D eigenvalue weighted by Gasteiger charge is 2.11. The Morgan fingerprint density at radius 3 is 2.57 bits per heavy atom. The van der Waals surface area contributed by atoms with Crippen LogP contribution in [0, 0.1) is 13.8 Å². The zero-order valence-electron chi connectivity index (χ0n) is 11.7. The van der Waals surface area contributed by atoms with Crippen LogP contribution in [0.4, 0.5) is 5.69 Å². The van der Waals surface area contributed by atoms with Gasteiger partial charge in [0.2, 0.25) is 0 Å². The van der Waals surface area contributed by atoms with Gasteiger partial charge in [0.1, 0.15) is 0 Å². The van der Waals surface area contributed by atoms with Crippen molar-refractivity contribution in [2.75, 3.05) is 5.32 Å². The third-order valence-corrected chi connectivity index (χ3v) is 3.91. The fraction of sp³-hybridized carbons (Fsp3) is 0.133. The van der Waals surface area contributed by atoms with Gasteiger partial charge in [-0.15, -0.1) is 11.3 Å². The van der Waals surface area contributed by atoms with Crippen molar-refractivity contribution in [3.05, 3.63) is 52.1 Å². The molecule has 106 valence electrons. The maximum atomic E-state index is 12.1. The predicted octanol–water partition coefficient (Wildman–Crippen LogP) is 3.40. The Bertz CT molecular complexity index is 773. The first kappa shape index (κ1) is 13.5. The molecular formula is C15H14N4OS. The van der Waals surface area contributed by atoms with Crippen molar-refractivity contribution in [3.63, 3.8) is 0 Å². The number of anilines is 1. The van der Waals surface area contributed by atoms with E-state index in [9.17, 15) is 4.79 Å². The normalized spacial score (nSPS) is 10.6. The molecule has 3 aromatic rings. The fourth-order valence-electron chi connectivity index (χ4n) is 2.00. The number of nitrogens with one attached hydrogen (secondary N) is 2. The second kappa shape index (κ2) is 5.49. The van der Waals surface area contributed by atoms with E-state index in [-0.39, 0.29) is 5.91 Å². The monoisotopic (exact) mass is 298 g/mol. The Labute approximate surface area is 126 Å². The van der Waals surface area contributed by atoms with Gasteiger partial charge in [-0.25, -0.2) is 4.98 Å². The second-order valence-electron chi connectivity index (χ2n) is 4.69. The number of thiazole rings is 1. The number of benzene rings is 1. The Balaban J connectivity index is 1.76. The van der Waals surface area contributed by atoms with E-state index in [0.717, 1.165) is 27.6 Å². The number of hydrogen-bond acceptors (Lipinski definition) is 4. The SMILES string of the molecule is Cc1nc(-c2ccc(NC(=O)c3cn[nH]c3C)cc2)cs1. The molecule has 0 unspecified atom stereocenters. The third-order valence-electron chi connectivity index (χ3n) is 3.13. The zero-order chi connectivity index (χ0) is 14.8. The lowest BCUT2D eigenvalue weighted by molar-refractivity contribution is 0.102. The number of H-pyrrole nitrogens is 1. The zero-order valence-corrected chi connectivity index (χ0v) is 12.5. The Hall–Kier alpha value is -2.47. The van der Waals surface area contributed by atoms with Gasteiger partial charge in [-0.1, -0.05) is 12.1 Å². The van der Waals surface area contributed by atoms with Crippen molar-refractivity contribution in [2.24, 2.45) is 0 Å². The molecule has 0 bridgehead atoms. The van der Waals surface area contributed by atoms with E-state index < -0.39 is 0 Å². The topological polar surface area (TPSA) is 70.7 Å². The maximum Gasteiger partial charge on any atom is 0.259 e. The lowest BCUT2D eigenvalue weighted by Gasteiger charge is -2.05. The minimum atomic E-state index is -0.168. The Morgan fingerprint density at radius 1 is 1.24 bits per heavy atom. The van der Waals surface area contributed by atoms with Gasteiger partial charge in [-0.05, 0) is 26.0 Å². The number of aromatic amines is 1. The summed E-state index contributed by atoms with van der Waals surface area (Å²) in [6.45, 7) is 3.80. The summed E-state index contributed by atoms with van der Waals surface area (Å²) in [5, 5.41) is 12.5. The molecule has 0 radical (unpaired) electrons. The van der Waals surface area contributed by atoms with Gasteiger partial charge in [0.25, 0.3) is 5.91 Å². The van der Waals surface area contributed by atoms with E-state index in [0.29, 0.717) is 5.56 Å². The molecule has 2 heterocycles. The molecule has 1 aromatic carbocycles. The fourth-order valence-corrected chi connectivity index (χ4v) is 2.62. The highest BCUT2D eigenvalue weighted by atomic mass is 32.1. The number of amides is 1. The van der Waals surface area contributed by atoms with Crippen molar-refractivity contribution in [1.82, 2.24) is 15.2 Å². The van der Waals surface area contributed by atoms with Crippen LogP contribution in [0.2, 0.25) is 0 Å². The van der Waals surface area contributed by atoms with E-state index >= 15 is 0 Å². The number of carbonyl (C=O) groups is 1. The molecule has 2 N–H and O–H groups in total. The van der Waals surface area contributed by atoms with Gasteiger partial charge in [-0.3, -0.25) is 9.89 Å². The van der Waals surface area contributed by atoms with E-state index in [1.54, 1.807) is 11.3 Å². The first-order valence-electron chi connectivity index (χ1n) is 6.47. The first-order valence-corrected chi connectivity index (χ1v) is 7.35. The molecule has 5 nitrogen and oxygen atoms in total. The summed E-state index contributed by atoms with van der Waals surface area (Å²) in [6.07, 6.45) is 1.52. The van der Waals surface area contributed by atoms with Crippen LogP contribution in [0.1, 0.15) is 21.1 Å². The summed E-state index contributed by atoms with van der Waals surface area (Å²) in [4.78, 5) is 16.5. The number of nitrogens with zero attached hydrogens (tertiary/aromatic N) is 2. The Morgan fingerprint density at radius 2 is 2.00 bits per heavy atom. The lowest BCUT2D eigenvalue weighted by atomic mass is 10.1. The van der Waals surface area contributed by atoms with Gasteiger partial charge in [0.15, 0.2) is 0 Å². The molecular weight excluding hydrogens is 284 g/mol. The second-order valence-corrected chi connectivity index (χ2v) is 5.75.